The van der Waals surface area contributed by atoms with E-state index in [0.717, 1.165) is 5.69 Å². The molecule has 0 bridgehead atoms. The smallest absolute Gasteiger partial charge is 0.258 e. The molecule has 0 aliphatic carbocycles. The molecular weight excluding hydrogens is 332 g/mol. The second-order valence-electron chi connectivity index (χ2n) is 4.26. The number of hydrogen-bond acceptors (Lipinski definition) is 3. The Bertz CT molecular complexity index is 771. The van der Waals surface area contributed by atoms with E-state index in [9.17, 15) is 4.79 Å². The molecule has 0 atom stereocenters. The quantitative estimate of drug-likeness (QED) is 0.743. The van der Waals surface area contributed by atoms with E-state index in [-0.39, 0.29) is 5.91 Å². The minimum Gasteiger partial charge on any atom is -0.320 e. The molecule has 0 aliphatic heterocycles. The maximum atomic E-state index is 12.3. The van der Waals surface area contributed by atoms with Gasteiger partial charge in [0.05, 0.1) is 16.9 Å². The number of nitrogens with zero attached hydrogens (tertiary/aromatic N) is 3. The fraction of sp³-hybridized carbons (Fsp3) is 0. The van der Waals surface area contributed by atoms with Gasteiger partial charge in [-0.1, -0.05) is 12.1 Å². The lowest BCUT2D eigenvalue weighted by molar-refractivity contribution is 0.102. The van der Waals surface area contributed by atoms with Gasteiger partial charge in [0, 0.05) is 18.6 Å². The highest BCUT2D eigenvalue weighted by atomic mass is 79.9. The molecule has 0 radical (unpaired) electrons. The fourth-order valence-electron chi connectivity index (χ4n) is 1.94. The van der Waals surface area contributed by atoms with Crippen molar-refractivity contribution in [2.24, 2.45) is 0 Å². The van der Waals surface area contributed by atoms with E-state index in [2.05, 4.69) is 31.3 Å². The topological polar surface area (TPSA) is 59.8 Å². The molecule has 2 aromatic heterocycles. The van der Waals surface area contributed by atoms with Crippen LogP contribution in [-0.4, -0.2) is 20.7 Å². The van der Waals surface area contributed by atoms with Gasteiger partial charge in [0.1, 0.15) is 4.60 Å². The number of benzene rings is 1. The zero-order chi connectivity index (χ0) is 14.7. The largest absolute Gasteiger partial charge is 0.320 e. The van der Waals surface area contributed by atoms with E-state index < -0.39 is 0 Å². The summed E-state index contributed by atoms with van der Waals surface area (Å²) >= 11 is 3.28. The minimum absolute atomic E-state index is 0.227. The third kappa shape index (κ3) is 2.85. The summed E-state index contributed by atoms with van der Waals surface area (Å²) in [7, 11) is 0. The summed E-state index contributed by atoms with van der Waals surface area (Å²) in [5.74, 6) is -0.227. The number of halogens is 1. The zero-order valence-electron chi connectivity index (χ0n) is 10.9. The molecule has 0 saturated carbocycles. The highest BCUT2D eigenvalue weighted by Gasteiger charge is 2.13. The maximum absolute atomic E-state index is 12.3. The molecule has 2 heterocycles. The minimum atomic E-state index is -0.227. The van der Waals surface area contributed by atoms with Crippen molar-refractivity contribution in [2.75, 3.05) is 5.32 Å². The number of rotatable bonds is 3. The number of carbonyl (C=O) groups is 1. The van der Waals surface area contributed by atoms with Gasteiger partial charge < -0.3 is 5.32 Å². The lowest BCUT2D eigenvalue weighted by Crippen LogP contribution is -2.14. The van der Waals surface area contributed by atoms with Gasteiger partial charge in [-0.05, 0) is 46.3 Å². The maximum Gasteiger partial charge on any atom is 0.258 e. The Labute approximate surface area is 129 Å². The van der Waals surface area contributed by atoms with E-state index in [0.29, 0.717) is 15.9 Å². The second kappa shape index (κ2) is 5.88. The van der Waals surface area contributed by atoms with Crippen molar-refractivity contribution in [3.63, 3.8) is 0 Å². The summed E-state index contributed by atoms with van der Waals surface area (Å²) in [5, 5.41) is 7.07. The van der Waals surface area contributed by atoms with E-state index in [1.807, 2.05) is 36.5 Å². The molecule has 0 spiro atoms. The van der Waals surface area contributed by atoms with Crippen molar-refractivity contribution in [2.45, 2.75) is 0 Å². The number of carbonyl (C=O) groups excluding carboxylic acids is 1. The molecule has 0 saturated heterocycles. The van der Waals surface area contributed by atoms with E-state index in [1.165, 1.54) is 0 Å². The first-order valence-electron chi connectivity index (χ1n) is 6.26. The van der Waals surface area contributed by atoms with Crippen molar-refractivity contribution < 1.29 is 4.79 Å². The van der Waals surface area contributed by atoms with E-state index in [1.54, 1.807) is 29.2 Å². The van der Waals surface area contributed by atoms with Crippen LogP contribution in [-0.2, 0) is 0 Å². The normalized spacial score (nSPS) is 10.3. The van der Waals surface area contributed by atoms with Crippen molar-refractivity contribution in [3.8, 4) is 5.69 Å². The third-order valence-electron chi connectivity index (χ3n) is 2.91. The summed E-state index contributed by atoms with van der Waals surface area (Å²) < 4.78 is 2.22. The Morgan fingerprint density at radius 3 is 2.71 bits per heavy atom. The molecule has 1 N–H and O–H groups in total. The van der Waals surface area contributed by atoms with E-state index >= 15 is 0 Å². The van der Waals surface area contributed by atoms with Crippen molar-refractivity contribution in [1.29, 1.82) is 0 Å². The summed E-state index contributed by atoms with van der Waals surface area (Å²) in [5.41, 5.74) is 1.96. The van der Waals surface area contributed by atoms with Gasteiger partial charge in [-0.25, -0.2) is 9.67 Å². The summed E-state index contributed by atoms with van der Waals surface area (Å²) in [4.78, 5) is 16.4. The van der Waals surface area contributed by atoms with Crippen LogP contribution in [0.25, 0.3) is 5.69 Å². The average Bonchev–Trinajstić information content (AvgIpc) is 3.02. The summed E-state index contributed by atoms with van der Waals surface area (Å²) in [6.45, 7) is 0. The SMILES string of the molecule is O=C(Nc1ccccc1-n1cccn1)c1cccnc1Br. The monoisotopic (exact) mass is 342 g/mol. The Hall–Kier alpha value is -2.47. The first-order chi connectivity index (χ1) is 10.3. The molecule has 21 heavy (non-hydrogen) atoms. The van der Waals surface area contributed by atoms with Crippen LogP contribution < -0.4 is 5.32 Å². The number of hydrogen-bond donors (Lipinski definition) is 1. The first kappa shape index (κ1) is 13.5. The number of para-hydroxylation sites is 2. The molecule has 5 nitrogen and oxygen atoms in total. The van der Waals surface area contributed by atoms with Gasteiger partial charge in [0.2, 0.25) is 0 Å². The average molecular weight is 343 g/mol. The summed E-state index contributed by atoms with van der Waals surface area (Å²) in [6, 6.07) is 12.7. The first-order valence-corrected chi connectivity index (χ1v) is 7.06. The molecule has 104 valence electrons. The van der Waals surface area contributed by atoms with Gasteiger partial charge in [-0.3, -0.25) is 4.79 Å². The predicted molar refractivity (Wildman–Crippen MR) is 83.5 cm³/mol. The molecule has 1 aromatic carbocycles. The Balaban J connectivity index is 1.93. The van der Waals surface area contributed by atoms with E-state index in [4.69, 9.17) is 0 Å². The van der Waals surface area contributed by atoms with Crippen molar-refractivity contribution in [3.05, 3.63) is 71.2 Å². The molecular formula is C15H11BrN4O. The van der Waals surface area contributed by atoms with Gasteiger partial charge in [-0.2, -0.15) is 5.10 Å². The van der Waals surface area contributed by atoms with Crippen LogP contribution in [0.4, 0.5) is 5.69 Å². The highest BCUT2D eigenvalue weighted by molar-refractivity contribution is 9.10. The molecule has 0 fully saturated rings. The number of anilines is 1. The van der Waals surface area contributed by atoms with Crippen LogP contribution in [0.3, 0.4) is 0 Å². The molecule has 0 unspecified atom stereocenters. The van der Waals surface area contributed by atoms with Crippen molar-refractivity contribution in [1.82, 2.24) is 14.8 Å². The van der Waals surface area contributed by atoms with Gasteiger partial charge in [0.15, 0.2) is 0 Å². The third-order valence-corrected chi connectivity index (χ3v) is 3.54. The summed E-state index contributed by atoms with van der Waals surface area (Å²) in [6.07, 6.45) is 5.14. The molecule has 6 heteroatoms. The van der Waals surface area contributed by atoms with Gasteiger partial charge in [-0.15, -0.1) is 0 Å². The van der Waals surface area contributed by atoms with Crippen LogP contribution in [0.15, 0.2) is 65.7 Å². The lowest BCUT2D eigenvalue weighted by atomic mass is 10.2. The molecule has 0 aliphatic rings. The molecule has 3 aromatic rings. The van der Waals surface area contributed by atoms with Crippen LogP contribution in [0.2, 0.25) is 0 Å². The second-order valence-corrected chi connectivity index (χ2v) is 5.01. The number of nitrogens with one attached hydrogen (secondary N) is 1. The Morgan fingerprint density at radius 2 is 1.95 bits per heavy atom. The Morgan fingerprint density at radius 1 is 1.10 bits per heavy atom. The van der Waals surface area contributed by atoms with Gasteiger partial charge in [0.25, 0.3) is 5.91 Å². The fourth-order valence-corrected chi connectivity index (χ4v) is 2.37. The van der Waals surface area contributed by atoms with Crippen LogP contribution in [0.5, 0.6) is 0 Å². The number of pyridine rings is 1. The van der Waals surface area contributed by atoms with Crippen LogP contribution in [0, 0.1) is 0 Å². The van der Waals surface area contributed by atoms with Crippen LogP contribution >= 0.6 is 15.9 Å². The van der Waals surface area contributed by atoms with Gasteiger partial charge >= 0.3 is 0 Å². The predicted octanol–water partition coefficient (Wildman–Crippen LogP) is 3.28. The van der Waals surface area contributed by atoms with Crippen LogP contribution in [0.1, 0.15) is 10.4 Å². The Kier molecular flexibility index (Phi) is 3.79. The highest BCUT2D eigenvalue weighted by Crippen LogP contribution is 2.21. The molecule has 3 rings (SSSR count). The van der Waals surface area contributed by atoms with Crippen molar-refractivity contribution >= 4 is 27.5 Å². The molecule has 1 amide bonds. The number of amides is 1. The standard InChI is InChI=1S/C15H11BrN4O/c16-14-11(5-3-8-17-14)15(21)19-12-6-1-2-7-13(12)20-10-4-9-18-20/h1-10H,(H,19,21). The zero-order valence-corrected chi connectivity index (χ0v) is 12.5. The lowest BCUT2D eigenvalue weighted by Gasteiger charge is -2.11. The number of aromatic nitrogens is 3.